The van der Waals surface area contributed by atoms with Crippen molar-refractivity contribution in [2.75, 3.05) is 11.1 Å². The van der Waals surface area contributed by atoms with Crippen molar-refractivity contribution in [1.82, 2.24) is 9.97 Å². The molecule has 0 amide bonds. The smallest absolute Gasteiger partial charge is 0.229 e. The Morgan fingerprint density at radius 2 is 1.68 bits per heavy atom. The van der Waals surface area contributed by atoms with Gasteiger partial charge in [0.25, 0.3) is 0 Å². The zero-order valence-corrected chi connectivity index (χ0v) is 11.6. The van der Waals surface area contributed by atoms with Crippen molar-refractivity contribution in [3.63, 3.8) is 0 Å². The van der Waals surface area contributed by atoms with Crippen molar-refractivity contribution in [2.24, 2.45) is 0 Å². The van der Waals surface area contributed by atoms with E-state index >= 15 is 0 Å². The van der Waals surface area contributed by atoms with Crippen LogP contribution in [0.3, 0.4) is 0 Å². The summed E-state index contributed by atoms with van der Waals surface area (Å²) in [6.07, 6.45) is 0. The number of nitrogens with zero attached hydrogens (tertiary/aromatic N) is 2. The van der Waals surface area contributed by atoms with Gasteiger partial charge in [-0.3, -0.25) is 0 Å². The number of nitrogen functional groups attached to an aromatic ring is 1. The van der Waals surface area contributed by atoms with E-state index in [0.717, 1.165) is 21.1 Å². The molecule has 19 heavy (non-hydrogen) atoms. The van der Waals surface area contributed by atoms with Gasteiger partial charge < -0.3 is 11.1 Å². The Morgan fingerprint density at radius 1 is 0.947 bits per heavy atom. The summed E-state index contributed by atoms with van der Waals surface area (Å²) >= 11 is 3.40. The quantitative estimate of drug-likeness (QED) is 0.756. The molecular weight excluding hydrogens is 304 g/mol. The van der Waals surface area contributed by atoms with E-state index in [1.807, 2.05) is 48.5 Å². The highest BCUT2D eigenvalue weighted by Gasteiger charge is 2.04. The summed E-state index contributed by atoms with van der Waals surface area (Å²) in [5.74, 6) is 0.976. The maximum atomic E-state index is 5.94. The first kappa shape index (κ1) is 11.9. The zero-order valence-electron chi connectivity index (χ0n) is 9.97. The first-order valence-electron chi connectivity index (χ1n) is 5.77. The van der Waals surface area contributed by atoms with Crippen molar-refractivity contribution in [2.45, 2.75) is 0 Å². The molecule has 0 radical (unpaired) electrons. The van der Waals surface area contributed by atoms with Crippen molar-refractivity contribution >= 4 is 44.3 Å². The molecule has 0 saturated heterocycles. The van der Waals surface area contributed by atoms with Gasteiger partial charge >= 0.3 is 0 Å². The Bertz CT molecular complexity index is 725. The minimum atomic E-state index is 0.477. The molecule has 0 bridgehead atoms. The van der Waals surface area contributed by atoms with Gasteiger partial charge in [-0.1, -0.05) is 28.1 Å². The standard InChI is InChI=1S/C14H11BrN4/c15-9-5-7-10(8-6-9)17-14-18-12-4-2-1-3-11(12)13(16)19-14/h1-8H,(H3,16,17,18,19). The topological polar surface area (TPSA) is 63.8 Å². The highest BCUT2D eigenvalue weighted by Crippen LogP contribution is 2.22. The number of anilines is 3. The van der Waals surface area contributed by atoms with E-state index in [1.54, 1.807) is 0 Å². The molecule has 0 fully saturated rings. The van der Waals surface area contributed by atoms with Crippen LogP contribution in [0.4, 0.5) is 17.5 Å². The Morgan fingerprint density at radius 3 is 2.47 bits per heavy atom. The number of nitrogens with one attached hydrogen (secondary N) is 1. The number of aromatic nitrogens is 2. The number of hydrogen-bond acceptors (Lipinski definition) is 4. The predicted molar refractivity (Wildman–Crippen MR) is 81.4 cm³/mol. The molecule has 4 nitrogen and oxygen atoms in total. The molecule has 3 rings (SSSR count). The van der Waals surface area contributed by atoms with Crippen LogP contribution in [0, 0.1) is 0 Å². The van der Waals surface area contributed by atoms with Crippen LogP contribution < -0.4 is 11.1 Å². The minimum Gasteiger partial charge on any atom is -0.383 e. The number of hydrogen-bond donors (Lipinski definition) is 2. The summed E-state index contributed by atoms with van der Waals surface area (Å²) in [5.41, 5.74) is 7.68. The molecule has 0 atom stereocenters. The number of benzene rings is 2. The molecule has 5 heteroatoms. The third kappa shape index (κ3) is 2.51. The fourth-order valence-electron chi connectivity index (χ4n) is 1.82. The van der Waals surface area contributed by atoms with Crippen LogP contribution in [0.2, 0.25) is 0 Å². The predicted octanol–water partition coefficient (Wildman–Crippen LogP) is 3.72. The molecule has 0 saturated carbocycles. The number of rotatable bonds is 2. The van der Waals surface area contributed by atoms with Gasteiger partial charge in [-0.15, -0.1) is 0 Å². The van der Waals surface area contributed by atoms with Gasteiger partial charge in [0.2, 0.25) is 5.95 Å². The lowest BCUT2D eigenvalue weighted by atomic mass is 10.2. The molecule has 0 aliphatic heterocycles. The second kappa shape index (κ2) is 4.85. The van der Waals surface area contributed by atoms with Crippen LogP contribution in [0.1, 0.15) is 0 Å². The second-order valence-electron chi connectivity index (χ2n) is 4.08. The molecule has 3 aromatic rings. The van der Waals surface area contributed by atoms with Gasteiger partial charge in [-0.25, -0.2) is 4.98 Å². The summed E-state index contributed by atoms with van der Waals surface area (Å²) in [6, 6.07) is 15.5. The largest absolute Gasteiger partial charge is 0.383 e. The van der Waals surface area contributed by atoms with E-state index in [4.69, 9.17) is 5.73 Å². The summed E-state index contributed by atoms with van der Waals surface area (Å²) in [6.45, 7) is 0. The van der Waals surface area contributed by atoms with Crippen LogP contribution >= 0.6 is 15.9 Å². The summed E-state index contributed by atoms with van der Waals surface area (Å²) in [4.78, 5) is 8.70. The molecule has 2 aromatic carbocycles. The first-order chi connectivity index (χ1) is 9.22. The molecule has 0 aliphatic carbocycles. The first-order valence-corrected chi connectivity index (χ1v) is 6.56. The molecule has 0 aliphatic rings. The normalized spacial score (nSPS) is 10.6. The number of nitrogens with two attached hydrogens (primary N) is 1. The third-order valence-corrected chi connectivity index (χ3v) is 3.26. The van der Waals surface area contributed by atoms with Crippen LogP contribution in [0.5, 0.6) is 0 Å². The summed E-state index contributed by atoms with van der Waals surface area (Å²) < 4.78 is 1.02. The maximum Gasteiger partial charge on any atom is 0.229 e. The van der Waals surface area contributed by atoms with E-state index in [-0.39, 0.29) is 0 Å². The van der Waals surface area contributed by atoms with Gasteiger partial charge in [-0.05, 0) is 36.4 Å². The van der Waals surface area contributed by atoms with E-state index in [2.05, 4.69) is 31.2 Å². The van der Waals surface area contributed by atoms with Crippen molar-refractivity contribution in [1.29, 1.82) is 0 Å². The Balaban J connectivity index is 1.99. The van der Waals surface area contributed by atoms with E-state index in [9.17, 15) is 0 Å². The number of para-hydroxylation sites is 1. The monoisotopic (exact) mass is 314 g/mol. The molecule has 0 spiro atoms. The van der Waals surface area contributed by atoms with Gasteiger partial charge in [0, 0.05) is 15.5 Å². The molecular formula is C14H11BrN4. The molecule has 0 unspecified atom stereocenters. The van der Waals surface area contributed by atoms with Gasteiger partial charge in [0.1, 0.15) is 5.82 Å². The molecule has 3 N–H and O–H groups in total. The SMILES string of the molecule is Nc1nc(Nc2ccc(Br)cc2)nc2ccccc12. The van der Waals surface area contributed by atoms with Gasteiger partial charge in [0.15, 0.2) is 0 Å². The van der Waals surface area contributed by atoms with E-state index in [0.29, 0.717) is 11.8 Å². The average molecular weight is 315 g/mol. The van der Waals surface area contributed by atoms with Crippen molar-refractivity contribution in [3.8, 4) is 0 Å². The Kier molecular flexibility index (Phi) is 3.05. The Labute approximate surface area is 118 Å². The van der Waals surface area contributed by atoms with E-state index < -0.39 is 0 Å². The molecule has 1 heterocycles. The van der Waals surface area contributed by atoms with Crippen LogP contribution in [0.25, 0.3) is 10.9 Å². The average Bonchev–Trinajstić information content (AvgIpc) is 2.42. The summed E-state index contributed by atoms with van der Waals surface area (Å²) in [7, 11) is 0. The highest BCUT2D eigenvalue weighted by molar-refractivity contribution is 9.10. The van der Waals surface area contributed by atoms with Gasteiger partial charge in [-0.2, -0.15) is 4.98 Å². The zero-order chi connectivity index (χ0) is 13.2. The molecule has 1 aromatic heterocycles. The lowest BCUT2D eigenvalue weighted by Crippen LogP contribution is -2.01. The third-order valence-electron chi connectivity index (χ3n) is 2.73. The second-order valence-corrected chi connectivity index (χ2v) is 5.00. The molecule has 94 valence electrons. The fraction of sp³-hybridized carbons (Fsp3) is 0. The summed E-state index contributed by atoms with van der Waals surface area (Å²) in [5, 5.41) is 4.01. The number of halogens is 1. The van der Waals surface area contributed by atoms with Crippen LogP contribution in [0.15, 0.2) is 53.0 Å². The lowest BCUT2D eigenvalue weighted by Gasteiger charge is -2.07. The van der Waals surface area contributed by atoms with Gasteiger partial charge in [0.05, 0.1) is 5.52 Å². The Hall–Kier alpha value is -2.14. The minimum absolute atomic E-state index is 0.477. The van der Waals surface area contributed by atoms with Crippen LogP contribution in [-0.2, 0) is 0 Å². The van der Waals surface area contributed by atoms with Crippen molar-refractivity contribution in [3.05, 3.63) is 53.0 Å². The maximum absolute atomic E-state index is 5.94. The fourth-order valence-corrected chi connectivity index (χ4v) is 2.08. The highest BCUT2D eigenvalue weighted by atomic mass is 79.9. The lowest BCUT2D eigenvalue weighted by molar-refractivity contribution is 1.22. The van der Waals surface area contributed by atoms with Crippen molar-refractivity contribution < 1.29 is 0 Å². The van der Waals surface area contributed by atoms with E-state index in [1.165, 1.54) is 0 Å². The van der Waals surface area contributed by atoms with Crippen LogP contribution in [-0.4, -0.2) is 9.97 Å². The number of fused-ring (bicyclic) bond motifs is 1.